The molecule has 0 saturated heterocycles. The normalized spacial score (nSPS) is 12.7. The van der Waals surface area contributed by atoms with Crippen LogP contribution in [0.3, 0.4) is 0 Å². The smallest absolute Gasteiger partial charge is 0.306 e. The number of carbonyl (C=O) groups is 3. The van der Waals surface area contributed by atoms with Crippen LogP contribution >= 0.6 is 0 Å². The molecule has 1 atom stereocenters. The molecule has 0 radical (unpaired) electrons. The lowest BCUT2D eigenvalue weighted by atomic mass is 10.1. The molecule has 0 heterocycles. The molecule has 0 aromatic carbocycles. The van der Waals surface area contributed by atoms with E-state index in [4.69, 9.17) is 14.2 Å². The molecule has 59 heavy (non-hydrogen) atoms. The summed E-state index contributed by atoms with van der Waals surface area (Å²) >= 11 is 0. The Morgan fingerprint density at radius 1 is 0.339 bits per heavy atom. The van der Waals surface area contributed by atoms with Crippen LogP contribution in [0.4, 0.5) is 0 Å². The molecule has 0 aliphatic heterocycles. The van der Waals surface area contributed by atoms with Gasteiger partial charge in [-0.25, -0.2) is 0 Å². The van der Waals surface area contributed by atoms with Crippen LogP contribution < -0.4 is 0 Å². The molecule has 0 fully saturated rings. The molecule has 6 heteroatoms. The van der Waals surface area contributed by atoms with Crippen molar-refractivity contribution in [1.29, 1.82) is 0 Å². The van der Waals surface area contributed by atoms with Gasteiger partial charge in [0.25, 0.3) is 0 Å². The fourth-order valence-corrected chi connectivity index (χ4v) is 6.40. The summed E-state index contributed by atoms with van der Waals surface area (Å²) in [4.78, 5) is 37.8. The Morgan fingerprint density at radius 2 is 0.627 bits per heavy atom. The van der Waals surface area contributed by atoms with Crippen molar-refractivity contribution in [1.82, 2.24) is 0 Å². The van der Waals surface area contributed by atoms with Gasteiger partial charge >= 0.3 is 17.9 Å². The first-order valence-electron chi connectivity index (χ1n) is 24.4. The number of esters is 3. The van der Waals surface area contributed by atoms with E-state index >= 15 is 0 Å². The number of carbonyl (C=O) groups excluding carboxylic acids is 3. The molecule has 0 unspecified atom stereocenters. The highest BCUT2D eigenvalue weighted by molar-refractivity contribution is 5.71. The molecule has 0 N–H and O–H groups in total. The highest BCUT2D eigenvalue weighted by Gasteiger charge is 2.19. The van der Waals surface area contributed by atoms with Gasteiger partial charge in [-0.15, -0.1) is 0 Å². The van der Waals surface area contributed by atoms with Crippen LogP contribution in [0.15, 0.2) is 72.9 Å². The molecule has 0 aliphatic rings. The average molecular weight is 823 g/mol. The molecule has 0 aliphatic carbocycles. The van der Waals surface area contributed by atoms with E-state index in [1.165, 1.54) is 77.0 Å². The SMILES string of the molecule is CCCC/C=C\C/C=C\CCCCCCCC(=O)O[C@@H](COC(=O)CCCC/C=C\C/C=C\C/C=C\CCCCC)COC(=O)CCCCCCC/C=C\CCCCC. The van der Waals surface area contributed by atoms with Crippen molar-refractivity contribution in [2.45, 2.75) is 232 Å². The number of ether oxygens (including phenoxy) is 3. The molecule has 0 aromatic rings. The van der Waals surface area contributed by atoms with Crippen molar-refractivity contribution >= 4 is 17.9 Å². The Balaban J connectivity index is 4.49. The summed E-state index contributed by atoms with van der Waals surface area (Å²) in [6, 6.07) is 0. The highest BCUT2D eigenvalue weighted by atomic mass is 16.6. The van der Waals surface area contributed by atoms with Crippen LogP contribution in [-0.2, 0) is 28.6 Å². The Hall–Kier alpha value is -3.15. The largest absolute Gasteiger partial charge is 0.462 e. The zero-order chi connectivity index (χ0) is 43.0. The Morgan fingerprint density at radius 3 is 1.05 bits per heavy atom. The first-order valence-corrected chi connectivity index (χ1v) is 24.4. The first kappa shape index (κ1) is 55.9. The second-order valence-corrected chi connectivity index (χ2v) is 16.0. The van der Waals surface area contributed by atoms with Gasteiger partial charge in [-0.1, -0.05) is 171 Å². The summed E-state index contributed by atoms with van der Waals surface area (Å²) in [6.45, 7) is 6.48. The number of hydrogen-bond acceptors (Lipinski definition) is 6. The van der Waals surface area contributed by atoms with Gasteiger partial charge in [0, 0.05) is 19.3 Å². The van der Waals surface area contributed by atoms with Gasteiger partial charge in [-0.2, -0.15) is 0 Å². The molecule has 0 rings (SSSR count). The van der Waals surface area contributed by atoms with Gasteiger partial charge in [-0.05, 0) is 109 Å². The minimum absolute atomic E-state index is 0.0982. The van der Waals surface area contributed by atoms with Crippen LogP contribution in [0.1, 0.15) is 226 Å². The predicted molar refractivity (Wildman–Crippen MR) is 251 cm³/mol. The van der Waals surface area contributed by atoms with E-state index in [1.807, 2.05) is 0 Å². The maximum absolute atomic E-state index is 12.8. The molecule has 338 valence electrons. The summed E-state index contributed by atoms with van der Waals surface area (Å²) in [5.41, 5.74) is 0. The highest BCUT2D eigenvalue weighted by Crippen LogP contribution is 2.13. The van der Waals surface area contributed by atoms with Gasteiger partial charge in [-0.3, -0.25) is 14.4 Å². The lowest BCUT2D eigenvalue weighted by Gasteiger charge is -2.18. The summed E-state index contributed by atoms with van der Waals surface area (Å²) in [7, 11) is 0. The Kier molecular flexibility index (Phi) is 45.0. The Labute approximate surface area is 363 Å². The zero-order valence-corrected chi connectivity index (χ0v) is 38.5. The quantitative estimate of drug-likeness (QED) is 0.0264. The van der Waals surface area contributed by atoms with Crippen molar-refractivity contribution < 1.29 is 28.6 Å². The predicted octanol–water partition coefficient (Wildman–Crippen LogP) is 15.9. The lowest BCUT2D eigenvalue weighted by Crippen LogP contribution is -2.30. The van der Waals surface area contributed by atoms with Crippen molar-refractivity contribution in [2.24, 2.45) is 0 Å². The third-order valence-electron chi connectivity index (χ3n) is 10.2. The first-order chi connectivity index (χ1) is 29.0. The standard InChI is InChI=1S/C53H90O6/c1-4-7-10-13-16-19-22-25-27-29-31-34-37-40-43-46-52(55)58-49-50(48-57-51(54)45-42-39-36-33-30-24-21-18-15-12-9-6-3)59-53(56)47-44-41-38-35-32-28-26-23-20-17-14-11-8-5-2/h14,16-19,21,23,25-27,31,34,50H,4-13,15,20,22,24,28-30,32-33,35-49H2,1-3H3/b17-14-,19-16-,21-18-,26-23-,27-25-,34-31-/t50-/m1/s1. The van der Waals surface area contributed by atoms with E-state index in [1.54, 1.807) is 0 Å². The maximum atomic E-state index is 12.8. The van der Waals surface area contributed by atoms with Gasteiger partial charge in [0.05, 0.1) is 0 Å². The van der Waals surface area contributed by atoms with E-state index in [0.717, 1.165) is 109 Å². The number of rotatable bonds is 43. The average Bonchev–Trinajstić information content (AvgIpc) is 3.23. The number of allylic oxidation sites excluding steroid dienone is 12. The zero-order valence-electron chi connectivity index (χ0n) is 38.5. The van der Waals surface area contributed by atoms with Crippen LogP contribution in [0.5, 0.6) is 0 Å². The minimum Gasteiger partial charge on any atom is -0.462 e. The van der Waals surface area contributed by atoms with Crippen molar-refractivity contribution in [3.05, 3.63) is 72.9 Å². The summed E-state index contributed by atoms with van der Waals surface area (Å²) in [5.74, 6) is -0.963. The molecular formula is C53H90O6. The van der Waals surface area contributed by atoms with E-state index in [-0.39, 0.29) is 31.1 Å². The third-order valence-corrected chi connectivity index (χ3v) is 10.2. The third kappa shape index (κ3) is 45.8. The van der Waals surface area contributed by atoms with Crippen LogP contribution in [0.2, 0.25) is 0 Å². The van der Waals surface area contributed by atoms with E-state index in [2.05, 4.69) is 93.7 Å². The lowest BCUT2D eigenvalue weighted by molar-refractivity contribution is -0.167. The van der Waals surface area contributed by atoms with Crippen molar-refractivity contribution in [2.75, 3.05) is 13.2 Å². The fraction of sp³-hybridized carbons (Fsp3) is 0.717. The summed E-state index contributed by atoms with van der Waals surface area (Å²) in [5, 5.41) is 0. The van der Waals surface area contributed by atoms with Gasteiger partial charge < -0.3 is 14.2 Å². The van der Waals surface area contributed by atoms with Crippen molar-refractivity contribution in [3.63, 3.8) is 0 Å². The summed E-state index contributed by atoms with van der Waals surface area (Å²) in [6.07, 6.45) is 58.8. The molecule has 0 amide bonds. The minimum atomic E-state index is -0.800. The van der Waals surface area contributed by atoms with Gasteiger partial charge in [0.1, 0.15) is 13.2 Å². The Bertz CT molecular complexity index is 1130. The summed E-state index contributed by atoms with van der Waals surface area (Å²) < 4.78 is 16.7. The molecule has 0 aromatic heterocycles. The monoisotopic (exact) mass is 823 g/mol. The van der Waals surface area contributed by atoms with Crippen LogP contribution in [-0.4, -0.2) is 37.2 Å². The molecule has 0 bridgehead atoms. The van der Waals surface area contributed by atoms with Crippen LogP contribution in [0, 0.1) is 0 Å². The van der Waals surface area contributed by atoms with Gasteiger partial charge in [0.2, 0.25) is 0 Å². The second kappa shape index (κ2) is 47.5. The van der Waals surface area contributed by atoms with Gasteiger partial charge in [0.15, 0.2) is 6.10 Å². The molecular weight excluding hydrogens is 733 g/mol. The van der Waals surface area contributed by atoms with Crippen molar-refractivity contribution in [3.8, 4) is 0 Å². The molecule has 6 nitrogen and oxygen atoms in total. The van der Waals surface area contributed by atoms with E-state index < -0.39 is 6.10 Å². The fourth-order valence-electron chi connectivity index (χ4n) is 6.40. The molecule has 0 spiro atoms. The van der Waals surface area contributed by atoms with E-state index in [0.29, 0.717) is 19.3 Å². The van der Waals surface area contributed by atoms with E-state index in [9.17, 15) is 14.4 Å². The maximum Gasteiger partial charge on any atom is 0.306 e. The number of unbranched alkanes of at least 4 members (excludes halogenated alkanes) is 20. The van der Waals surface area contributed by atoms with Crippen LogP contribution in [0.25, 0.3) is 0 Å². The number of hydrogen-bond donors (Lipinski definition) is 0. The topological polar surface area (TPSA) is 78.9 Å². The molecule has 0 saturated carbocycles. The second-order valence-electron chi connectivity index (χ2n) is 16.0.